The normalized spacial score (nSPS) is 23.6. The first-order valence-corrected chi connectivity index (χ1v) is 12.1. The molecule has 1 heterocycles. The number of benzene rings is 2. The molecule has 2 aromatic carbocycles. The quantitative estimate of drug-likeness (QED) is 0.434. The Kier molecular flexibility index (Phi) is 7.06. The maximum atomic E-state index is 13.6. The minimum atomic E-state index is -0.644. The van der Waals surface area contributed by atoms with E-state index in [1.54, 1.807) is 12.1 Å². The maximum absolute atomic E-state index is 13.6. The zero-order chi connectivity index (χ0) is 23.7. The number of carbonyl (C=O) groups is 2. The van der Waals surface area contributed by atoms with E-state index >= 15 is 0 Å². The standard InChI is InChI=1S/C27H27Cl2NO3/c1-4-15(2)33-27(32)24-16(3)30-22-13-19(17-5-9-20(28)10-6-17)14-23(31)26(22)25(24)18-7-11-21(29)12-8-18/h5-12,15,19,24-25H,4,13-14H2,1-3H3. The second-order valence-electron chi connectivity index (χ2n) is 8.86. The Morgan fingerprint density at radius 2 is 1.61 bits per heavy atom. The van der Waals surface area contributed by atoms with Gasteiger partial charge in [-0.25, -0.2) is 0 Å². The Bertz CT molecular complexity index is 1120. The van der Waals surface area contributed by atoms with Crippen molar-refractivity contribution < 1.29 is 14.3 Å². The monoisotopic (exact) mass is 483 g/mol. The van der Waals surface area contributed by atoms with Crippen molar-refractivity contribution in [1.29, 1.82) is 0 Å². The van der Waals surface area contributed by atoms with Gasteiger partial charge in [0.1, 0.15) is 5.92 Å². The number of halogens is 2. The third-order valence-electron chi connectivity index (χ3n) is 6.61. The molecule has 1 aliphatic carbocycles. The summed E-state index contributed by atoms with van der Waals surface area (Å²) in [7, 11) is 0. The van der Waals surface area contributed by atoms with Gasteiger partial charge in [0, 0.05) is 39.4 Å². The third-order valence-corrected chi connectivity index (χ3v) is 7.11. The van der Waals surface area contributed by atoms with Crippen LogP contribution in [-0.4, -0.2) is 23.6 Å². The molecular formula is C27H27Cl2NO3. The molecule has 4 unspecified atom stereocenters. The molecule has 0 saturated heterocycles. The predicted molar refractivity (Wildman–Crippen MR) is 132 cm³/mol. The van der Waals surface area contributed by atoms with Crippen molar-refractivity contribution in [2.24, 2.45) is 10.9 Å². The molecule has 2 aliphatic rings. The van der Waals surface area contributed by atoms with Gasteiger partial charge >= 0.3 is 5.97 Å². The molecule has 4 atom stereocenters. The van der Waals surface area contributed by atoms with Gasteiger partial charge in [0.25, 0.3) is 0 Å². The van der Waals surface area contributed by atoms with Crippen LogP contribution in [0, 0.1) is 5.92 Å². The molecule has 4 rings (SSSR count). The van der Waals surface area contributed by atoms with Crippen LogP contribution in [-0.2, 0) is 14.3 Å². The van der Waals surface area contributed by atoms with Crippen molar-refractivity contribution in [3.05, 3.63) is 81.0 Å². The molecule has 0 N–H and O–H groups in total. The average molecular weight is 484 g/mol. The van der Waals surface area contributed by atoms with E-state index in [9.17, 15) is 9.59 Å². The minimum absolute atomic E-state index is 0.0220. The maximum Gasteiger partial charge on any atom is 0.315 e. The Morgan fingerprint density at radius 1 is 1.03 bits per heavy atom. The third kappa shape index (κ3) is 4.92. The Hall–Kier alpha value is -2.43. The van der Waals surface area contributed by atoms with Gasteiger partial charge in [-0.15, -0.1) is 0 Å². The fourth-order valence-corrected chi connectivity index (χ4v) is 4.97. The largest absolute Gasteiger partial charge is 0.462 e. The zero-order valence-electron chi connectivity index (χ0n) is 19.0. The Morgan fingerprint density at radius 3 is 2.18 bits per heavy atom. The molecule has 6 heteroatoms. The summed E-state index contributed by atoms with van der Waals surface area (Å²) in [6.45, 7) is 5.70. The Labute approximate surface area is 204 Å². The first-order chi connectivity index (χ1) is 15.8. The number of rotatable bonds is 5. The number of ketones is 1. The van der Waals surface area contributed by atoms with Crippen molar-refractivity contribution in [1.82, 2.24) is 0 Å². The molecule has 1 aliphatic heterocycles. The van der Waals surface area contributed by atoms with E-state index in [2.05, 4.69) is 0 Å². The highest BCUT2D eigenvalue weighted by Gasteiger charge is 2.45. The summed E-state index contributed by atoms with van der Waals surface area (Å²) in [4.78, 5) is 31.6. The number of carbonyl (C=O) groups excluding carboxylic acids is 2. The molecule has 0 bridgehead atoms. The SMILES string of the molecule is CCC(C)OC(=O)C1C(C)=NC2=C(C(=O)CC(c3ccc(Cl)cc3)C2)C1c1ccc(Cl)cc1. The van der Waals surface area contributed by atoms with E-state index < -0.39 is 11.8 Å². The number of allylic oxidation sites excluding steroid dienone is 2. The van der Waals surface area contributed by atoms with Crippen molar-refractivity contribution in [3.8, 4) is 0 Å². The highest BCUT2D eigenvalue weighted by atomic mass is 35.5. The zero-order valence-corrected chi connectivity index (χ0v) is 20.5. The molecule has 33 heavy (non-hydrogen) atoms. The fourth-order valence-electron chi connectivity index (χ4n) is 4.72. The summed E-state index contributed by atoms with van der Waals surface area (Å²) in [5.74, 6) is -1.38. The van der Waals surface area contributed by atoms with Crippen molar-refractivity contribution in [2.45, 2.75) is 58.0 Å². The number of Topliss-reactive ketones (excluding diaryl/α,β-unsaturated/α-hetero) is 1. The molecule has 0 amide bonds. The second-order valence-corrected chi connectivity index (χ2v) is 9.73. The second kappa shape index (κ2) is 9.82. The van der Waals surface area contributed by atoms with E-state index in [0.29, 0.717) is 34.2 Å². The van der Waals surface area contributed by atoms with E-state index in [1.807, 2.05) is 57.2 Å². The van der Waals surface area contributed by atoms with Crippen LogP contribution >= 0.6 is 23.2 Å². The molecule has 0 saturated carbocycles. The lowest BCUT2D eigenvalue weighted by molar-refractivity contribution is -0.151. The molecule has 2 aromatic rings. The van der Waals surface area contributed by atoms with Gasteiger partial charge in [0.05, 0.1) is 6.10 Å². The van der Waals surface area contributed by atoms with Crippen LogP contribution in [0.4, 0.5) is 0 Å². The first kappa shape index (κ1) is 23.7. The van der Waals surface area contributed by atoms with Crippen LogP contribution in [0.25, 0.3) is 0 Å². The van der Waals surface area contributed by atoms with Crippen LogP contribution in [0.15, 0.2) is 64.8 Å². The fraction of sp³-hybridized carbons (Fsp3) is 0.370. The average Bonchev–Trinajstić information content (AvgIpc) is 2.78. The summed E-state index contributed by atoms with van der Waals surface area (Å²) in [5, 5.41) is 1.27. The highest BCUT2D eigenvalue weighted by molar-refractivity contribution is 6.30. The first-order valence-electron chi connectivity index (χ1n) is 11.3. The summed E-state index contributed by atoms with van der Waals surface area (Å²) in [6.07, 6.45) is 1.52. The highest BCUT2D eigenvalue weighted by Crippen LogP contribution is 2.47. The molecule has 172 valence electrons. The van der Waals surface area contributed by atoms with E-state index in [-0.39, 0.29) is 23.8 Å². The number of aliphatic imine (C=N–C) groups is 1. The molecule has 0 radical (unpaired) electrons. The summed E-state index contributed by atoms with van der Waals surface area (Å²) in [6, 6.07) is 15.0. The van der Waals surface area contributed by atoms with Crippen molar-refractivity contribution in [3.63, 3.8) is 0 Å². The van der Waals surface area contributed by atoms with Gasteiger partial charge in [-0.3, -0.25) is 14.6 Å². The summed E-state index contributed by atoms with van der Waals surface area (Å²) >= 11 is 12.2. The van der Waals surface area contributed by atoms with Crippen molar-refractivity contribution >= 4 is 40.7 Å². The van der Waals surface area contributed by atoms with Gasteiger partial charge in [-0.05, 0) is 68.0 Å². The smallest absolute Gasteiger partial charge is 0.315 e. The van der Waals surface area contributed by atoms with Crippen LogP contribution in [0.3, 0.4) is 0 Å². The number of esters is 1. The van der Waals surface area contributed by atoms with Crippen LogP contribution in [0.2, 0.25) is 10.0 Å². The predicted octanol–water partition coefficient (Wildman–Crippen LogP) is 6.91. The van der Waals surface area contributed by atoms with Crippen LogP contribution < -0.4 is 0 Å². The number of hydrogen-bond acceptors (Lipinski definition) is 4. The lowest BCUT2D eigenvalue weighted by Gasteiger charge is -2.37. The van der Waals surface area contributed by atoms with E-state index in [4.69, 9.17) is 32.9 Å². The van der Waals surface area contributed by atoms with Gasteiger partial charge in [-0.2, -0.15) is 0 Å². The van der Waals surface area contributed by atoms with E-state index in [0.717, 1.165) is 23.2 Å². The molecule has 4 nitrogen and oxygen atoms in total. The summed E-state index contributed by atoms with van der Waals surface area (Å²) in [5.41, 5.74) is 3.99. The van der Waals surface area contributed by atoms with Gasteiger partial charge in [0.2, 0.25) is 0 Å². The lowest BCUT2D eigenvalue weighted by atomic mass is 9.69. The molecule has 0 spiro atoms. The summed E-state index contributed by atoms with van der Waals surface area (Å²) < 4.78 is 5.71. The number of hydrogen-bond donors (Lipinski definition) is 0. The lowest BCUT2D eigenvalue weighted by Crippen LogP contribution is -2.39. The topological polar surface area (TPSA) is 55.7 Å². The van der Waals surface area contributed by atoms with Gasteiger partial charge < -0.3 is 4.74 Å². The van der Waals surface area contributed by atoms with Gasteiger partial charge in [-0.1, -0.05) is 54.4 Å². The number of nitrogens with zero attached hydrogens (tertiary/aromatic N) is 1. The number of ether oxygens (including phenoxy) is 1. The van der Waals surface area contributed by atoms with Crippen LogP contribution in [0.5, 0.6) is 0 Å². The molecule has 0 aromatic heterocycles. The van der Waals surface area contributed by atoms with Gasteiger partial charge in [0.15, 0.2) is 5.78 Å². The van der Waals surface area contributed by atoms with Crippen LogP contribution in [0.1, 0.15) is 63.0 Å². The van der Waals surface area contributed by atoms with E-state index in [1.165, 1.54) is 0 Å². The molecular weight excluding hydrogens is 457 g/mol. The molecule has 0 fully saturated rings. The minimum Gasteiger partial charge on any atom is -0.462 e. The van der Waals surface area contributed by atoms with Crippen molar-refractivity contribution in [2.75, 3.05) is 0 Å². The Balaban J connectivity index is 1.76.